The molecule has 0 aromatic heterocycles. The van der Waals surface area contributed by atoms with Gasteiger partial charge in [-0.25, -0.2) is 4.79 Å². The number of carbonyl (C=O) groups is 2. The van der Waals surface area contributed by atoms with E-state index in [1.54, 1.807) is 6.07 Å². The Kier molecular flexibility index (Phi) is 4.27. The molecule has 0 unspecified atom stereocenters. The summed E-state index contributed by atoms with van der Waals surface area (Å²) in [6, 6.07) is 6.28. The monoisotopic (exact) mass is 361 g/mol. The number of carboxylic acid groups (broad SMARTS) is 1. The van der Waals surface area contributed by atoms with Crippen molar-refractivity contribution in [1.29, 1.82) is 0 Å². The molecule has 1 atom stereocenters. The molecule has 5 rings (SSSR count). The number of carbonyl (C=O) groups excluding carboxylic acids is 1. The highest BCUT2D eigenvalue weighted by atomic mass is 35.5. The van der Waals surface area contributed by atoms with Crippen molar-refractivity contribution < 1.29 is 14.7 Å². The summed E-state index contributed by atoms with van der Waals surface area (Å²) in [5, 5.41) is 13.0. The molecule has 134 valence electrons. The number of halogens is 1. The second-order valence-electron chi connectivity index (χ2n) is 8.36. The van der Waals surface area contributed by atoms with Crippen LogP contribution in [0.25, 0.3) is 0 Å². The van der Waals surface area contributed by atoms with Gasteiger partial charge in [-0.2, -0.15) is 0 Å². The molecule has 2 N–H and O–H groups in total. The maximum absolute atomic E-state index is 13.1. The SMILES string of the molecule is O=C(O)[C@H](Cc1ccccc1Cl)NC(=O)C12CC3CC(CC(C3)C1)C2. The van der Waals surface area contributed by atoms with Crippen LogP contribution in [0.1, 0.15) is 44.1 Å². The van der Waals surface area contributed by atoms with E-state index in [1.807, 2.05) is 18.2 Å². The molecule has 4 aliphatic carbocycles. The van der Waals surface area contributed by atoms with Gasteiger partial charge in [0.05, 0.1) is 0 Å². The molecule has 1 aromatic carbocycles. The van der Waals surface area contributed by atoms with E-state index >= 15 is 0 Å². The average Bonchev–Trinajstić information content (AvgIpc) is 2.54. The highest BCUT2D eigenvalue weighted by Crippen LogP contribution is 2.60. The standard InChI is InChI=1S/C20H24ClNO3/c21-16-4-2-1-3-15(16)8-17(18(23)24)22-19(25)20-9-12-5-13(10-20)7-14(6-12)11-20/h1-4,12-14,17H,5-11H2,(H,22,25)(H,23,24)/t12?,13?,14?,17-,20?/m0/s1. The predicted molar refractivity (Wildman–Crippen MR) is 95.3 cm³/mol. The first-order valence-corrected chi connectivity index (χ1v) is 9.60. The second kappa shape index (κ2) is 6.31. The van der Waals surface area contributed by atoms with Gasteiger partial charge >= 0.3 is 5.97 Å². The third-order valence-corrected chi connectivity index (χ3v) is 6.87. The van der Waals surface area contributed by atoms with Crippen molar-refractivity contribution in [2.45, 2.75) is 51.0 Å². The van der Waals surface area contributed by atoms with Gasteiger partial charge in [-0.15, -0.1) is 0 Å². The predicted octanol–water partition coefficient (Wildman–Crippen LogP) is 3.67. The molecule has 4 bridgehead atoms. The first-order valence-electron chi connectivity index (χ1n) is 9.22. The average molecular weight is 362 g/mol. The van der Waals surface area contributed by atoms with E-state index < -0.39 is 12.0 Å². The molecule has 1 amide bonds. The Bertz CT molecular complexity index is 667. The van der Waals surface area contributed by atoms with Crippen molar-refractivity contribution in [3.63, 3.8) is 0 Å². The number of nitrogens with one attached hydrogen (secondary N) is 1. The molecular weight excluding hydrogens is 338 g/mol. The molecule has 4 fully saturated rings. The summed E-state index contributed by atoms with van der Waals surface area (Å²) in [7, 11) is 0. The fourth-order valence-corrected chi connectivity index (χ4v) is 6.00. The van der Waals surface area contributed by atoms with Crippen LogP contribution in [0.2, 0.25) is 5.02 Å². The van der Waals surface area contributed by atoms with E-state index in [0.29, 0.717) is 22.8 Å². The molecule has 5 heteroatoms. The molecule has 0 radical (unpaired) electrons. The minimum Gasteiger partial charge on any atom is -0.480 e. The van der Waals surface area contributed by atoms with Crippen molar-refractivity contribution >= 4 is 23.5 Å². The Hall–Kier alpha value is -1.55. The Balaban J connectivity index is 1.50. The van der Waals surface area contributed by atoms with Gasteiger partial charge in [-0.1, -0.05) is 29.8 Å². The van der Waals surface area contributed by atoms with E-state index in [1.165, 1.54) is 19.3 Å². The fourth-order valence-electron chi connectivity index (χ4n) is 5.78. The fraction of sp³-hybridized carbons (Fsp3) is 0.600. The number of hydrogen-bond donors (Lipinski definition) is 2. The lowest BCUT2D eigenvalue weighted by atomic mass is 9.49. The van der Waals surface area contributed by atoms with Crippen LogP contribution < -0.4 is 5.32 Å². The molecule has 4 saturated carbocycles. The zero-order valence-electron chi connectivity index (χ0n) is 14.2. The summed E-state index contributed by atoms with van der Waals surface area (Å²) in [6.07, 6.45) is 6.79. The smallest absolute Gasteiger partial charge is 0.326 e. The zero-order valence-corrected chi connectivity index (χ0v) is 15.0. The van der Waals surface area contributed by atoms with Gasteiger partial charge in [0.1, 0.15) is 6.04 Å². The van der Waals surface area contributed by atoms with Crippen LogP contribution in [0.3, 0.4) is 0 Å². The summed E-state index contributed by atoms with van der Waals surface area (Å²) >= 11 is 6.16. The third kappa shape index (κ3) is 3.17. The lowest BCUT2D eigenvalue weighted by Gasteiger charge is -2.55. The summed E-state index contributed by atoms with van der Waals surface area (Å²) < 4.78 is 0. The number of carboxylic acids is 1. The number of rotatable bonds is 5. The summed E-state index contributed by atoms with van der Waals surface area (Å²) in [4.78, 5) is 24.8. The van der Waals surface area contributed by atoms with Crippen LogP contribution in [-0.2, 0) is 16.0 Å². The van der Waals surface area contributed by atoms with Gasteiger partial charge in [0.25, 0.3) is 0 Å². The van der Waals surface area contributed by atoms with Gasteiger partial charge in [0.2, 0.25) is 5.91 Å². The number of hydrogen-bond acceptors (Lipinski definition) is 2. The number of benzene rings is 1. The second-order valence-corrected chi connectivity index (χ2v) is 8.76. The largest absolute Gasteiger partial charge is 0.480 e. The van der Waals surface area contributed by atoms with Crippen LogP contribution in [0.5, 0.6) is 0 Å². The Labute approximate surface area is 152 Å². The molecule has 4 aliphatic rings. The van der Waals surface area contributed by atoms with Crippen LogP contribution in [-0.4, -0.2) is 23.0 Å². The summed E-state index contributed by atoms with van der Waals surface area (Å²) in [5.74, 6) is 0.917. The first-order chi connectivity index (χ1) is 11.9. The maximum Gasteiger partial charge on any atom is 0.326 e. The van der Waals surface area contributed by atoms with Gasteiger partial charge in [-0.05, 0) is 67.9 Å². The highest BCUT2D eigenvalue weighted by molar-refractivity contribution is 6.31. The minimum absolute atomic E-state index is 0.0500. The summed E-state index contributed by atoms with van der Waals surface area (Å²) in [5.41, 5.74) is 0.422. The van der Waals surface area contributed by atoms with Crippen molar-refractivity contribution in [3.8, 4) is 0 Å². The van der Waals surface area contributed by atoms with Gasteiger partial charge in [0, 0.05) is 16.9 Å². The molecule has 0 spiro atoms. The molecule has 4 nitrogen and oxygen atoms in total. The van der Waals surface area contributed by atoms with E-state index in [-0.39, 0.29) is 17.7 Å². The van der Waals surface area contributed by atoms with Crippen molar-refractivity contribution in [2.75, 3.05) is 0 Å². The summed E-state index contributed by atoms with van der Waals surface area (Å²) in [6.45, 7) is 0. The van der Waals surface area contributed by atoms with Crippen LogP contribution in [0, 0.1) is 23.2 Å². The third-order valence-electron chi connectivity index (χ3n) is 6.51. The molecule has 0 aliphatic heterocycles. The Morgan fingerprint density at radius 1 is 1.12 bits per heavy atom. The van der Waals surface area contributed by atoms with Gasteiger partial charge in [0.15, 0.2) is 0 Å². The molecule has 0 saturated heterocycles. The topological polar surface area (TPSA) is 66.4 Å². The van der Waals surface area contributed by atoms with Gasteiger partial charge < -0.3 is 10.4 Å². The van der Waals surface area contributed by atoms with Crippen molar-refractivity contribution in [2.24, 2.45) is 23.2 Å². The first kappa shape index (κ1) is 16.9. The van der Waals surface area contributed by atoms with Crippen molar-refractivity contribution in [1.82, 2.24) is 5.32 Å². The maximum atomic E-state index is 13.1. The lowest BCUT2D eigenvalue weighted by molar-refractivity contribution is -0.151. The quantitative estimate of drug-likeness (QED) is 0.840. The van der Waals surface area contributed by atoms with E-state index in [9.17, 15) is 14.7 Å². The van der Waals surface area contributed by atoms with Crippen LogP contribution >= 0.6 is 11.6 Å². The Morgan fingerprint density at radius 2 is 1.68 bits per heavy atom. The van der Waals surface area contributed by atoms with Crippen LogP contribution in [0.15, 0.2) is 24.3 Å². The molecule has 25 heavy (non-hydrogen) atoms. The minimum atomic E-state index is -1.00. The van der Waals surface area contributed by atoms with Crippen molar-refractivity contribution in [3.05, 3.63) is 34.9 Å². The Morgan fingerprint density at radius 3 is 2.20 bits per heavy atom. The zero-order chi connectivity index (χ0) is 17.6. The number of amides is 1. The molecule has 0 heterocycles. The van der Waals surface area contributed by atoms with E-state index in [2.05, 4.69) is 5.32 Å². The van der Waals surface area contributed by atoms with E-state index in [0.717, 1.165) is 24.8 Å². The lowest BCUT2D eigenvalue weighted by Crippen LogP contribution is -2.56. The normalized spacial score (nSPS) is 33.9. The number of aliphatic carboxylic acids is 1. The van der Waals surface area contributed by atoms with Gasteiger partial charge in [-0.3, -0.25) is 4.79 Å². The van der Waals surface area contributed by atoms with Crippen LogP contribution in [0.4, 0.5) is 0 Å². The molecule has 1 aromatic rings. The van der Waals surface area contributed by atoms with E-state index in [4.69, 9.17) is 11.6 Å². The highest BCUT2D eigenvalue weighted by Gasteiger charge is 2.54. The molecular formula is C20H24ClNO3.